The SMILES string of the molecule is CCOC(=O)ON(C/C=C/P(=O)(OC)OC)C(=O)OCC. The van der Waals surface area contributed by atoms with Gasteiger partial charge in [0.25, 0.3) is 0 Å². The van der Waals surface area contributed by atoms with Crippen molar-refractivity contribution in [3.05, 3.63) is 11.9 Å². The van der Waals surface area contributed by atoms with Crippen LogP contribution in [0.1, 0.15) is 13.8 Å². The van der Waals surface area contributed by atoms with Gasteiger partial charge in [-0.25, -0.2) is 9.59 Å². The lowest BCUT2D eigenvalue weighted by Crippen LogP contribution is -2.34. The van der Waals surface area contributed by atoms with Crippen LogP contribution in [-0.2, 0) is 27.9 Å². The number of rotatable bonds is 7. The minimum Gasteiger partial charge on any atom is -0.448 e. The van der Waals surface area contributed by atoms with Crippen LogP contribution in [-0.4, -0.2) is 51.3 Å². The summed E-state index contributed by atoms with van der Waals surface area (Å²) in [5, 5.41) is 0.619. The van der Waals surface area contributed by atoms with Crippen LogP contribution in [0.25, 0.3) is 0 Å². The normalized spacial score (nSPS) is 11.2. The van der Waals surface area contributed by atoms with Crippen molar-refractivity contribution in [2.24, 2.45) is 0 Å². The van der Waals surface area contributed by atoms with Crippen molar-refractivity contribution < 1.29 is 37.5 Å². The summed E-state index contributed by atoms with van der Waals surface area (Å²) in [6.07, 6.45) is -0.662. The predicted octanol–water partition coefficient (Wildman–Crippen LogP) is 2.53. The molecule has 0 aromatic heterocycles. The fourth-order valence-electron chi connectivity index (χ4n) is 1.05. The molecule has 0 saturated heterocycles. The molecule has 0 rings (SSSR count). The van der Waals surface area contributed by atoms with Gasteiger partial charge in [-0.3, -0.25) is 9.40 Å². The Kier molecular flexibility index (Phi) is 9.44. The van der Waals surface area contributed by atoms with Crippen LogP contribution >= 0.6 is 7.60 Å². The van der Waals surface area contributed by atoms with Gasteiger partial charge >= 0.3 is 19.8 Å². The summed E-state index contributed by atoms with van der Waals surface area (Å²) in [7, 11) is -0.931. The Hall–Kier alpha value is -1.57. The zero-order valence-electron chi connectivity index (χ0n) is 12.4. The second-order valence-electron chi connectivity index (χ2n) is 3.32. The molecule has 0 aliphatic heterocycles. The zero-order chi connectivity index (χ0) is 16.3. The van der Waals surface area contributed by atoms with E-state index in [0.29, 0.717) is 5.06 Å². The molecule has 0 N–H and O–H groups in total. The summed E-state index contributed by atoms with van der Waals surface area (Å²) in [6, 6.07) is 0. The van der Waals surface area contributed by atoms with E-state index in [1.54, 1.807) is 13.8 Å². The number of hydrogen-bond donors (Lipinski definition) is 0. The van der Waals surface area contributed by atoms with E-state index in [1.807, 2.05) is 0 Å². The van der Waals surface area contributed by atoms with Gasteiger partial charge in [0.2, 0.25) is 0 Å². The first-order valence-electron chi connectivity index (χ1n) is 6.10. The van der Waals surface area contributed by atoms with Crippen LogP contribution in [0.15, 0.2) is 11.9 Å². The van der Waals surface area contributed by atoms with Crippen LogP contribution in [0, 0.1) is 0 Å². The fourth-order valence-corrected chi connectivity index (χ4v) is 1.79. The summed E-state index contributed by atoms with van der Waals surface area (Å²) >= 11 is 0. The molecule has 0 spiro atoms. The fraction of sp³-hybridized carbons (Fsp3) is 0.636. The summed E-state index contributed by atoms with van der Waals surface area (Å²) in [4.78, 5) is 27.5. The van der Waals surface area contributed by atoms with E-state index in [0.717, 1.165) is 5.82 Å². The Morgan fingerprint density at radius 2 is 1.67 bits per heavy atom. The molecule has 0 saturated carbocycles. The van der Waals surface area contributed by atoms with Crippen molar-refractivity contribution in [3.8, 4) is 0 Å². The minimum atomic E-state index is -3.36. The molecule has 0 radical (unpaired) electrons. The van der Waals surface area contributed by atoms with Crippen molar-refractivity contribution in [1.29, 1.82) is 0 Å². The lowest BCUT2D eigenvalue weighted by Gasteiger charge is -2.18. The van der Waals surface area contributed by atoms with Crippen LogP contribution in [0.3, 0.4) is 0 Å². The van der Waals surface area contributed by atoms with Crippen LogP contribution in [0.5, 0.6) is 0 Å². The van der Waals surface area contributed by atoms with Crippen molar-refractivity contribution >= 4 is 19.8 Å². The van der Waals surface area contributed by atoms with Gasteiger partial charge in [0.1, 0.15) is 0 Å². The Labute approximate surface area is 123 Å². The number of hydrogen-bond acceptors (Lipinski definition) is 8. The topological polar surface area (TPSA) is 101 Å². The first-order chi connectivity index (χ1) is 9.92. The van der Waals surface area contributed by atoms with E-state index < -0.39 is 19.8 Å². The lowest BCUT2D eigenvalue weighted by molar-refractivity contribution is -0.103. The Balaban J connectivity index is 4.75. The molecule has 1 amide bonds. The van der Waals surface area contributed by atoms with Gasteiger partial charge in [0.15, 0.2) is 0 Å². The number of amides is 1. The van der Waals surface area contributed by atoms with Crippen molar-refractivity contribution in [2.75, 3.05) is 34.0 Å². The van der Waals surface area contributed by atoms with Gasteiger partial charge in [0.05, 0.1) is 19.8 Å². The number of carbonyl (C=O) groups excluding carboxylic acids is 2. The second kappa shape index (κ2) is 10.2. The monoisotopic (exact) mass is 325 g/mol. The van der Waals surface area contributed by atoms with Crippen LogP contribution < -0.4 is 0 Å². The van der Waals surface area contributed by atoms with Gasteiger partial charge in [-0.15, -0.1) is 5.06 Å². The molecular weight excluding hydrogens is 305 g/mol. The standard InChI is InChI=1S/C11H20NO8P/c1-5-18-10(13)12(20-11(14)19-6-2)8-7-9-21(15,16-3)17-4/h7,9H,5-6,8H2,1-4H3/b9-7+. The molecule has 0 aliphatic carbocycles. The Morgan fingerprint density at radius 1 is 1.10 bits per heavy atom. The quantitative estimate of drug-likeness (QED) is 0.400. The van der Waals surface area contributed by atoms with E-state index in [2.05, 4.69) is 18.6 Å². The molecule has 10 heteroatoms. The minimum absolute atomic E-state index is 0.0912. The smallest absolute Gasteiger partial charge is 0.448 e. The third-order valence-electron chi connectivity index (χ3n) is 1.99. The summed E-state index contributed by atoms with van der Waals surface area (Å²) < 4.78 is 30.4. The van der Waals surface area contributed by atoms with Crippen molar-refractivity contribution in [3.63, 3.8) is 0 Å². The van der Waals surface area contributed by atoms with Gasteiger partial charge in [0, 0.05) is 20.0 Å². The van der Waals surface area contributed by atoms with Gasteiger partial charge in [-0.2, -0.15) is 0 Å². The number of hydroxylamine groups is 2. The Bertz CT molecular complexity index is 403. The highest BCUT2D eigenvalue weighted by molar-refractivity contribution is 7.57. The first kappa shape index (κ1) is 19.4. The molecule has 0 heterocycles. The number of ether oxygens (including phenoxy) is 2. The van der Waals surface area contributed by atoms with Gasteiger partial charge in [-0.05, 0) is 13.8 Å². The molecular formula is C11H20NO8P. The van der Waals surface area contributed by atoms with E-state index in [9.17, 15) is 14.2 Å². The molecule has 21 heavy (non-hydrogen) atoms. The van der Waals surface area contributed by atoms with Crippen molar-refractivity contribution in [2.45, 2.75) is 13.8 Å². The molecule has 0 atom stereocenters. The highest BCUT2D eigenvalue weighted by Gasteiger charge is 2.21. The maximum atomic E-state index is 11.8. The highest BCUT2D eigenvalue weighted by Crippen LogP contribution is 2.47. The average Bonchev–Trinajstić information content (AvgIpc) is 2.46. The summed E-state index contributed by atoms with van der Waals surface area (Å²) in [5.41, 5.74) is 0. The number of nitrogens with zero attached hydrogens (tertiary/aromatic N) is 1. The van der Waals surface area contributed by atoms with E-state index >= 15 is 0 Å². The average molecular weight is 325 g/mol. The first-order valence-corrected chi connectivity index (χ1v) is 7.71. The lowest BCUT2D eigenvalue weighted by atomic mass is 10.6. The van der Waals surface area contributed by atoms with Gasteiger partial charge in [-0.1, -0.05) is 6.08 Å². The van der Waals surface area contributed by atoms with Crippen LogP contribution in [0.4, 0.5) is 9.59 Å². The molecule has 0 fully saturated rings. The number of carbonyl (C=O) groups is 2. The maximum absolute atomic E-state index is 11.8. The third-order valence-corrected chi connectivity index (χ3v) is 3.58. The molecule has 122 valence electrons. The second-order valence-corrected chi connectivity index (χ2v) is 5.43. The van der Waals surface area contributed by atoms with Crippen molar-refractivity contribution in [1.82, 2.24) is 5.06 Å². The summed E-state index contributed by atoms with van der Waals surface area (Å²) in [6.45, 7) is 3.16. The third kappa shape index (κ3) is 7.69. The van der Waals surface area contributed by atoms with E-state index in [-0.39, 0.29) is 19.8 Å². The Morgan fingerprint density at radius 3 is 2.14 bits per heavy atom. The maximum Gasteiger partial charge on any atom is 0.533 e. The molecule has 0 aliphatic rings. The predicted molar refractivity (Wildman–Crippen MR) is 72.6 cm³/mol. The molecule has 0 aromatic rings. The molecule has 9 nitrogen and oxygen atoms in total. The van der Waals surface area contributed by atoms with Crippen LogP contribution in [0.2, 0.25) is 0 Å². The molecule has 0 bridgehead atoms. The highest BCUT2D eigenvalue weighted by atomic mass is 31.2. The molecule has 0 unspecified atom stereocenters. The van der Waals surface area contributed by atoms with E-state index in [1.165, 1.54) is 20.3 Å². The van der Waals surface area contributed by atoms with E-state index in [4.69, 9.17) is 4.74 Å². The zero-order valence-corrected chi connectivity index (χ0v) is 13.3. The summed E-state index contributed by atoms with van der Waals surface area (Å²) in [5.74, 6) is 1.13. The largest absolute Gasteiger partial charge is 0.533 e. The molecule has 0 aromatic carbocycles. The van der Waals surface area contributed by atoms with Gasteiger partial charge < -0.3 is 18.5 Å².